The Kier molecular flexibility index (Phi) is 7.38. The van der Waals surface area contributed by atoms with Gasteiger partial charge in [-0.3, -0.25) is 0 Å². The molecule has 2 fully saturated rings. The number of ether oxygens (including phenoxy) is 1. The van der Waals surface area contributed by atoms with Gasteiger partial charge in [0.25, 0.3) is 0 Å². The lowest BCUT2D eigenvalue weighted by molar-refractivity contribution is 0.00578. The number of nitrogens with one attached hydrogen (secondary N) is 1. The van der Waals surface area contributed by atoms with Crippen LogP contribution in [0.15, 0.2) is 54.7 Å². The molecule has 0 saturated carbocycles. The fraction of sp³-hybridized carbons (Fsp3) is 0.500. The molecule has 1 amide bonds. The minimum absolute atomic E-state index is 0.00474. The molecule has 0 aliphatic carbocycles. The number of hydrogen-bond acceptors (Lipinski definition) is 5. The predicted molar refractivity (Wildman–Crippen MR) is 160 cm³/mol. The van der Waals surface area contributed by atoms with Crippen LogP contribution in [0.2, 0.25) is 0 Å². The van der Waals surface area contributed by atoms with Gasteiger partial charge in [0.15, 0.2) is 0 Å². The van der Waals surface area contributed by atoms with Crippen molar-refractivity contribution < 1.29 is 18.8 Å². The second-order valence-corrected chi connectivity index (χ2v) is 13.1. The molecule has 1 aromatic heterocycles. The summed E-state index contributed by atoms with van der Waals surface area (Å²) in [6, 6.07) is 16.9. The molecular weight excluding hydrogens is 501 g/mol. The third-order valence-corrected chi connectivity index (χ3v) is 8.53. The van der Waals surface area contributed by atoms with Crippen molar-refractivity contribution in [1.29, 1.82) is 0 Å². The maximum Gasteiger partial charge on any atom is 0.494 e. The molecule has 212 valence electrons. The van der Waals surface area contributed by atoms with E-state index >= 15 is 0 Å². The number of hydrogen-bond donors (Lipinski definition) is 1. The molecular formula is C32H42BN3O4. The summed E-state index contributed by atoms with van der Waals surface area (Å²) in [7, 11) is -0.362. The lowest BCUT2D eigenvalue weighted by Gasteiger charge is -2.39. The summed E-state index contributed by atoms with van der Waals surface area (Å²) in [5.41, 5.74) is 4.11. The first kappa shape index (κ1) is 28.4. The van der Waals surface area contributed by atoms with E-state index < -0.39 is 5.60 Å². The van der Waals surface area contributed by atoms with Crippen molar-refractivity contribution in [2.75, 3.05) is 6.54 Å². The first-order chi connectivity index (χ1) is 18.7. The van der Waals surface area contributed by atoms with Gasteiger partial charge < -0.3 is 23.9 Å². The highest BCUT2D eigenvalue weighted by Crippen LogP contribution is 2.37. The topological polar surface area (TPSA) is 76.7 Å². The summed E-state index contributed by atoms with van der Waals surface area (Å²) >= 11 is 0. The molecule has 8 heteroatoms. The molecule has 1 N–H and O–H groups in total. The molecule has 2 atom stereocenters. The molecule has 2 aromatic carbocycles. The number of likely N-dealkylation sites (tertiary alicyclic amines) is 1. The van der Waals surface area contributed by atoms with E-state index in [9.17, 15) is 4.79 Å². The third kappa shape index (κ3) is 5.70. The second kappa shape index (κ2) is 10.4. The van der Waals surface area contributed by atoms with Crippen LogP contribution < -0.4 is 5.46 Å². The number of piperidine rings is 1. The minimum atomic E-state index is -0.511. The standard InChI is InChI=1S/C32H42BN3O4/c1-21-26(10-9-19-36(21)29(37)38-30(2,3)4)28-34-20-27(35-28)24-13-11-22(12-14-24)23-15-17-25(18-16-23)33-39-31(5,6)32(7,8)40-33/h11-18,20-21,26H,9-10,19H2,1-8H3,(H,34,35). The van der Waals surface area contributed by atoms with Crippen molar-refractivity contribution in [1.82, 2.24) is 14.9 Å². The van der Waals surface area contributed by atoms with Crippen LogP contribution in [0.25, 0.3) is 22.4 Å². The van der Waals surface area contributed by atoms with Crippen LogP contribution in [-0.4, -0.2) is 57.5 Å². The number of carbonyl (C=O) groups excluding carboxylic acids is 1. The van der Waals surface area contributed by atoms with Crippen LogP contribution in [0.4, 0.5) is 4.79 Å². The molecule has 2 unspecified atom stereocenters. The highest BCUT2D eigenvalue weighted by Gasteiger charge is 2.51. The van der Waals surface area contributed by atoms with Gasteiger partial charge in [-0.15, -0.1) is 0 Å². The summed E-state index contributed by atoms with van der Waals surface area (Å²) in [5, 5.41) is 0. The number of rotatable bonds is 4. The number of aromatic nitrogens is 2. The van der Waals surface area contributed by atoms with Crippen LogP contribution in [0.5, 0.6) is 0 Å². The van der Waals surface area contributed by atoms with Gasteiger partial charge in [0, 0.05) is 18.5 Å². The predicted octanol–water partition coefficient (Wildman–Crippen LogP) is 6.55. The van der Waals surface area contributed by atoms with Crippen LogP contribution >= 0.6 is 0 Å². The second-order valence-electron chi connectivity index (χ2n) is 13.1. The Hall–Kier alpha value is -3.10. The number of amides is 1. The van der Waals surface area contributed by atoms with Gasteiger partial charge in [-0.1, -0.05) is 48.5 Å². The molecule has 3 heterocycles. The summed E-state index contributed by atoms with van der Waals surface area (Å²) in [6.45, 7) is 16.8. The van der Waals surface area contributed by atoms with Crippen LogP contribution in [0, 0.1) is 0 Å². The fourth-order valence-corrected chi connectivity index (χ4v) is 5.41. The third-order valence-electron chi connectivity index (χ3n) is 8.53. The largest absolute Gasteiger partial charge is 0.494 e. The number of H-pyrrole nitrogens is 1. The zero-order chi connectivity index (χ0) is 28.9. The van der Waals surface area contributed by atoms with Crippen LogP contribution in [-0.2, 0) is 14.0 Å². The Morgan fingerprint density at radius 2 is 1.52 bits per heavy atom. The van der Waals surface area contributed by atoms with E-state index in [0.717, 1.165) is 46.5 Å². The molecule has 2 aliphatic rings. The first-order valence-corrected chi connectivity index (χ1v) is 14.3. The SMILES string of the molecule is CC1C(c2ncc(-c3ccc(-c4ccc(B5OC(C)(C)C(C)(C)O5)cc4)cc3)[nH]2)CCCN1C(=O)OC(C)(C)C. The van der Waals surface area contributed by atoms with Gasteiger partial charge in [-0.25, -0.2) is 9.78 Å². The van der Waals surface area contributed by atoms with Crippen LogP contribution in [0.1, 0.15) is 80.0 Å². The molecule has 2 aliphatic heterocycles. The maximum atomic E-state index is 12.8. The summed E-state index contributed by atoms with van der Waals surface area (Å²) < 4.78 is 18.0. The molecule has 0 spiro atoms. The molecule has 2 saturated heterocycles. The number of carbonyl (C=O) groups is 1. The van der Waals surface area contributed by atoms with Crippen molar-refractivity contribution in [2.24, 2.45) is 0 Å². The lowest BCUT2D eigenvalue weighted by atomic mass is 9.78. The Balaban J connectivity index is 1.26. The van der Waals surface area contributed by atoms with E-state index in [-0.39, 0.29) is 36.4 Å². The number of nitrogens with zero attached hydrogens (tertiary/aromatic N) is 2. The quantitative estimate of drug-likeness (QED) is 0.378. The van der Waals surface area contributed by atoms with E-state index in [1.807, 2.05) is 31.9 Å². The molecule has 5 rings (SSSR count). The summed E-state index contributed by atoms with van der Waals surface area (Å²) in [5.74, 6) is 1.05. The maximum absolute atomic E-state index is 12.8. The number of benzene rings is 2. The Bertz CT molecular complexity index is 1330. The fourth-order valence-electron chi connectivity index (χ4n) is 5.41. The molecule has 40 heavy (non-hydrogen) atoms. The van der Waals surface area contributed by atoms with Gasteiger partial charge in [0.1, 0.15) is 11.4 Å². The van der Waals surface area contributed by atoms with Crippen molar-refractivity contribution in [3.8, 4) is 22.4 Å². The van der Waals surface area contributed by atoms with Gasteiger partial charge >= 0.3 is 13.2 Å². The zero-order valence-corrected chi connectivity index (χ0v) is 25.1. The number of aromatic amines is 1. The van der Waals surface area contributed by atoms with E-state index in [0.29, 0.717) is 6.54 Å². The molecule has 3 aromatic rings. The van der Waals surface area contributed by atoms with Gasteiger partial charge in [-0.05, 0) is 90.4 Å². The molecule has 7 nitrogen and oxygen atoms in total. The van der Waals surface area contributed by atoms with E-state index in [4.69, 9.17) is 19.0 Å². The highest BCUT2D eigenvalue weighted by atomic mass is 16.7. The summed E-state index contributed by atoms with van der Waals surface area (Å²) in [6.07, 6.45) is 3.54. The van der Waals surface area contributed by atoms with Gasteiger partial charge in [0.05, 0.1) is 23.1 Å². The minimum Gasteiger partial charge on any atom is -0.444 e. The normalized spacial score (nSPS) is 22.4. The zero-order valence-electron chi connectivity index (χ0n) is 25.1. The van der Waals surface area contributed by atoms with Crippen molar-refractivity contribution in [3.05, 3.63) is 60.6 Å². The van der Waals surface area contributed by atoms with Crippen molar-refractivity contribution >= 4 is 18.7 Å². The molecule has 0 bridgehead atoms. The smallest absolute Gasteiger partial charge is 0.444 e. The average Bonchev–Trinajstić information content (AvgIpc) is 3.45. The van der Waals surface area contributed by atoms with Crippen molar-refractivity contribution in [2.45, 2.75) is 97.0 Å². The van der Waals surface area contributed by atoms with Crippen molar-refractivity contribution in [3.63, 3.8) is 0 Å². The van der Waals surface area contributed by atoms with Gasteiger partial charge in [0.2, 0.25) is 0 Å². The lowest BCUT2D eigenvalue weighted by Crippen LogP contribution is -2.48. The Morgan fingerprint density at radius 3 is 2.10 bits per heavy atom. The van der Waals surface area contributed by atoms with Gasteiger partial charge in [-0.2, -0.15) is 0 Å². The van der Waals surface area contributed by atoms with Crippen LogP contribution in [0.3, 0.4) is 0 Å². The first-order valence-electron chi connectivity index (χ1n) is 14.3. The Morgan fingerprint density at radius 1 is 0.975 bits per heavy atom. The monoisotopic (exact) mass is 543 g/mol. The Labute approximate surface area is 238 Å². The average molecular weight is 544 g/mol. The summed E-state index contributed by atoms with van der Waals surface area (Å²) in [4.78, 5) is 22.9. The van der Waals surface area contributed by atoms with E-state index in [2.05, 4.69) is 88.1 Å². The molecule has 0 radical (unpaired) electrons. The van der Waals surface area contributed by atoms with E-state index in [1.54, 1.807) is 0 Å². The van der Waals surface area contributed by atoms with E-state index in [1.165, 1.54) is 0 Å². The number of imidazole rings is 1. The highest BCUT2D eigenvalue weighted by molar-refractivity contribution is 6.62.